The fourth-order valence-electron chi connectivity index (χ4n) is 3.18. The normalized spacial score (nSPS) is 21.5. The molecule has 19 heavy (non-hydrogen) atoms. The summed E-state index contributed by atoms with van der Waals surface area (Å²) in [5.74, 6) is 0. The van der Waals surface area contributed by atoms with Gasteiger partial charge in [0.25, 0.3) is 0 Å². The summed E-state index contributed by atoms with van der Waals surface area (Å²) in [6, 6.07) is 0.661. The van der Waals surface area contributed by atoms with Crippen LogP contribution in [0.5, 0.6) is 0 Å². The molecular formula is C16H34N2O. The van der Waals surface area contributed by atoms with E-state index in [0.717, 1.165) is 26.1 Å². The van der Waals surface area contributed by atoms with Gasteiger partial charge in [0.2, 0.25) is 0 Å². The Morgan fingerprint density at radius 1 is 1.21 bits per heavy atom. The Kier molecular flexibility index (Phi) is 7.96. The molecule has 0 aromatic heterocycles. The molecule has 0 aromatic rings. The topological polar surface area (TPSA) is 24.5 Å². The molecule has 3 heteroatoms. The SMILES string of the molecule is CCC1(CC)CCN(C(C)CNCCCOC)CC1. The third-order valence-electron chi connectivity index (χ3n) is 5.12. The Morgan fingerprint density at radius 3 is 2.37 bits per heavy atom. The van der Waals surface area contributed by atoms with Crippen molar-refractivity contribution in [3.63, 3.8) is 0 Å². The Balaban J connectivity index is 2.19. The first-order chi connectivity index (χ1) is 9.17. The van der Waals surface area contributed by atoms with Crippen molar-refractivity contribution in [2.45, 2.75) is 58.9 Å². The minimum Gasteiger partial charge on any atom is -0.385 e. The van der Waals surface area contributed by atoms with E-state index in [9.17, 15) is 0 Å². The third-order valence-corrected chi connectivity index (χ3v) is 5.12. The van der Waals surface area contributed by atoms with Gasteiger partial charge in [0.15, 0.2) is 0 Å². The van der Waals surface area contributed by atoms with Crippen LogP contribution in [0, 0.1) is 5.41 Å². The second kappa shape index (κ2) is 8.93. The van der Waals surface area contributed by atoms with Gasteiger partial charge in [-0.15, -0.1) is 0 Å². The molecule has 0 radical (unpaired) electrons. The quantitative estimate of drug-likeness (QED) is 0.652. The molecule has 3 nitrogen and oxygen atoms in total. The highest BCUT2D eigenvalue weighted by atomic mass is 16.5. The van der Waals surface area contributed by atoms with Crippen LogP contribution in [0.15, 0.2) is 0 Å². The van der Waals surface area contributed by atoms with Gasteiger partial charge in [-0.1, -0.05) is 26.7 Å². The minimum absolute atomic E-state index is 0.641. The maximum Gasteiger partial charge on any atom is 0.0474 e. The molecule has 1 aliphatic rings. The summed E-state index contributed by atoms with van der Waals surface area (Å²) in [5, 5.41) is 3.54. The number of methoxy groups -OCH3 is 1. The summed E-state index contributed by atoms with van der Waals surface area (Å²) in [5.41, 5.74) is 0.641. The fourth-order valence-corrected chi connectivity index (χ4v) is 3.18. The largest absolute Gasteiger partial charge is 0.385 e. The van der Waals surface area contributed by atoms with Crippen LogP contribution in [-0.2, 0) is 4.74 Å². The third kappa shape index (κ3) is 5.41. The van der Waals surface area contributed by atoms with Crippen molar-refractivity contribution in [2.75, 3.05) is 39.9 Å². The van der Waals surface area contributed by atoms with Crippen LogP contribution >= 0.6 is 0 Å². The molecule has 1 aliphatic heterocycles. The van der Waals surface area contributed by atoms with E-state index in [0.29, 0.717) is 11.5 Å². The summed E-state index contributed by atoms with van der Waals surface area (Å²) in [4.78, 5) is 2.66. The number of piperidine rings is 1. The highest BCUT2D eigenvalue weighted by Gasteiger charge is 2.32. The molecule has 1 unspecified atom stereocenters. The lowest BCUT2D eigenvalue weighted by Crippen LogP contribution is -2.47. The van der Waals surface area contributed by atoms with Crippen LogP contribution in [0.1, 0.15) is 52.9 Å². The highest BCUT2D eigenvalue weighted by Crippen LogP contribution is 2.38. The molecule has 0 amide bonds. The molecule has 0 aliphatic carbocycles. The predicted molar refractivity (Wildman–Crippen MR) is 82.6 cm³/mol. The van der Waals surface area contributed by atoms with E-state index in [4.69, 9.17) is 4.74 Å². The first-order valence-electron chi connectivity index (χ1n) is 8.11. The average Bonchev–Trinajstić information content (AvgIpc) is 2.47. The highest BCUT2D eigenvalue weighted by molar-refractivity contribution is 4.86. The van der Waals surface area contributed by atoms with Gasteiger partial charge in [-0.2, -0.15) is 0 Å². The Bertz CT molecular complexity index is 219. The molecule has 1 saturated heterocycles. The lowest BCUT2D eigenvalue weighted by atomic mass is 9.74. The van der Waals surface area contributed by atoms with Crippen LogP contribution in [0.3, 0.4) is 0 Å². The summed E-state index contributed by atoms with van der Waals surface area (Å²) in [6.45, 7) is 12.7. The van der Waals surface area contributed by atoms with E-state index in [1.165, 1.54) is 38.8 Å². The number of likely N-dealkylation sites (tertiary alicyclic amines) is 1. The van der Waals surface area contributed by atoms with Crippen molar-refractivity contribution < 1.29 is 4.74 Å². The van der Waals surface area contributed by atoms with E-state index in [1.54, 1.807) is 7.11 Å². The smallest absolute Gasteiger partial charge is 0.0474 e. The van der Waals surface area contributed by atoms with E-state index < -0.39 is 0 Å². The van der Waals surface area contributed by atoms with Gasteiger partial charge >= 0.3 is 0 Å². The molecule has 1 rings (SSSR count). The molecular weight excluding hydrogens is 236 g/mol. The number of hydrogen-bond acceptors (Lipinski definition) is 3. The molecule has 0 aromatic carbocycles. The van der Waals surface area contributed by atoms with Gasteiger partial charge in [0.1, 0.15) is 0 Å². The first-order valence-corrected chi connectivity index (χ1v) is 8.11. The number of nitrogens with zero attached hydrogens (tertiary/aromatic N) is 1. The summed E-state index contributed by atoms with van der Waals surface area (Å²) in [6.07, 6.45) is 6.57. The van der Waals surface area contributed by atoms with E-state index in [1.807, 2.05) is 0 Å². The number of ether oxygens (including phenoxy) is 1. The van der Waals surface area contributed by atoms with E-state index in [-0.39, 0.29) is 0 Å². The molecule has 1 fully saturated rings. The summed E-state index contributed by atoms with van der Waals surface area (Å²) < 4.78 is 5.06. The van der Waals surface area contributed by atoms with Gasteiger partial charge in [0.05, 0.1) is 0 Å². The molecule has 0 spiro atoms. The lowest BCUT2D eigenvalue weighted by molar-refractivity contribution is 0.0708. The van der Waals surface area contributed by atoms with Crippen molar-refractivity contribution >= 4 is 0 Å². The number of rotatable bonds is 9. The minimum atomic E-state index is 0.641. The van der Waals surface area contributed by atoms with Crippen molar-refractivity contribution in [3.8, 4) is 0 Å². The zero-order valence-electron chi connectivity index (χ0n) is 13.5. The van der Waals surface area contributed by atoms with Crippen LogP contribution in [0.4, 0.5) is 0 Å². The zero-order chi connectivity index (χ0) is 14.1. The van der Waals surface area contributed by atoms with Crippen LogP contribution in [0.2, 0.25) is 0 Å². The maximum absolute atomic E-state index is 5.06. The summed E-state index contributed by atoms with van der Waals surface area (Å²) >= 11 is 0. The van der Waals surface area contributed by atoms with E-state index >= 15 is 0 Å². The number of hydrogen-bond donors (Lipinski definition) is 1. The zero-order valence-corrected chi connectivity index (χ0v) is 13.5. The maximum atomic E-state index is 5.06. The molecule has 1 atom stereocenters. The van der Waals surface area contributed by atoms with E-state index in [2.05, 4.69) is 31.0 Å². The molecule has 1 heterocycles. The standard InChI is InChI=1S/C16H34N2O/c1-5-16(6-2)8-11-18(12-9-16)15(3)14-17-10-7-13-19-4/h15,17H,5-14H2,1-4H3. The van der Waals surface area contributed by atoms with Crippen molar-refractivity contribution in [2.24, 2.45) is 5.41 Å². The Hall–Kier alpha value is -0.120. The van der Waals surface area contributed by atoms with Crippen molar-refractivity contribution in [3.05, 3.63) is 0 Å². The number of nitrogens with one attached hydrogen (secondary N) is 1. The van der Waals surface area contributed by atoms with Gasteiger partial charge in [-0.3, -0.25) is 4.90 Å². The molecule has 0 bridgehead atoms. The Labute approximate surface area is 120 Å². The van der Waals surface area contributed by atoms with Gasteiger partial charge in [0, 0.05) is 26.3 Å². The van der Waals surface area contributed by atoms with Gasteiger partial charge in [-0.05, 0) is 51.2 Å². The second-order valence-electron chi connectivity index (χ2n) is 6.14. The first kappa shape index (κ1) is 16.9. The fraction of sp³-hybridized carbons (Fsp3) is 1.00. The van der Waals surface area contributed by atoms with Gasteiger partial charge < -0.3 is 10.1 Å². The average molecular weight is 270 g/mol. The Morgan fingerprint density at radius 2 is 1.84 bits per heavy atom. The molecule has 114 valence electrons. The monoisotopic (exact) mass is 270 g/mol. The predicted octanol–water partition coefficient (Wildman–Crippen LogP) is 2.90. The van der Waals surface area contributed by atoms with Crippen molar-refractivity contribution in [1.29, 1.82) is 0 Å². The van der Waals surface area contributed by atoms with Crippen molar-refractivity contribution in [1.82, 2.24) is 10.2 Å². The second-order valence-corrected chi connectivity index (χ2v) is 6.14. The molecule has 1 N–H and O–H groups in total. The van der Waals surface area contributed by atoms with Crippen LogP contribution < -0.4 is 5.32 Å². The van der Waals surface area contributed by atoms with Crippen LogP contribution in [-0.4, -0.2) is 50.8 Å². The lowest BCUT2D eigenvalue weighted by Gasteiger charge is -2.43. The van der Waals surface area contributed by atoms with Gasteiger partial charge in [-0.25, -0.2) is 0 Å². The summed E-state index contributed by atoms with van der Waals surface area (Å²) in [7, 11) is 1.77. The molecule has 0 saturated carbocycles. The van der Waals surface area contributed by atoms with Crippen LogP contribution in [0.25, 0.3) is 0 Å².